The van der Waals surface area contributed by atoms with E-state index in [0.717, 1.165) is 29.9 Å². The number of piperidine rings is 1. The molecule has 0 spiro atoms. The molecule has 146 valence electrons. The molecule has 1 N–H and O–H groups in total. The lowest BCUT2D eigenvalue weighted by Crippen LogP contribution is -2.61. The highest BCUT2D eigenvalue weighted by atomic mass is 16.7. The maximum Gasteiger partial charge on any atom is 0.241 e. The monoisotopic (exact) mass is 372 g/mol. The quantitative estimate of drug-likeness (QED) is 0.883. The predicted molar refractivity (Wildman–Crippen MR) is 102 cm³/mol. The van der Waals surface area contributed by atoms with Crippen molar-refractivity contribution in [3.63, 3.8) is 0 Å². The summed E-state index contributed by atoms with van der Waals surface area (Å²) in [6.07, 6.45) is 2.16. The smallest absolute Gasteiger partial charge is 0.241 e. The minimum atomic E-state index is 0.104. The van der Waals surface area contributed by atoms with Gasteiger partial charge < -0.3 is 19.3 Å². The molecule has 0 aliphatic carbocycles. The van der Waals surface area contributed by atoms with Crippen molar-refractivity contribution < 1.29 is 14.0 Å². The number of hydrogen-bond donors (Lipinski definition) is 1. The summed E-state index contributed by atoms with van der Waals surface area (Å²) >= 11 is 0. The van der Waals surface area contributed by atoms with E-state index in [9.17, 15) is 0 Å². The van der Waals surface area contributed by atoms with Gasteiger partial charge in [-0.05, 0) is 65.8 Å². The molecule has 0 bridgehead atoms. The van der Waals surface area contributed by atoms with E-state index >= 15 is 0 Å². The van der Waals surface area contributed by atoms with E-state index in [1.807, 2.05) is 18.2 Å². The van der Waals surface area contributed by atoms with Crippen LogP contribution in [-0.4, -0.2) is 46.0 Å². The third kappa shape index (κ3) is 3.94. The molecule has 7 heteroatoms. The Labute approximate surface area is 160 Å². The minimum absolute atomic E-state index is 0.104. The summed E-state index contributed by atoms with van der Waals surface area (Å²) in [4.78, 5) is 6.90. The molecule has 1 fully saturated rings. The molecule has 4 rings (SSSR count). The second-order valence-corrected chi connectivity index (χ2v) is 8.95. The standard InChI is InChI=1S/C20H28N4O3/c1-19(2)9-14(10-20(3,4)23-19)24(5)11-17-21-18(22-27-17)13-6-7-15-16(8-13)26-12-25-15/h6-8,14,23H,9-12H2,1-5H3. The molecule has 27 heavy (non-hydrogen) atoms. The van der Waals surface area contributed by atoms with Crippen LogP contribution >= 0.6 is 0 Å². The van der Waals surface area contributed by atoms with Gasteiger partial charge in [0.15, 0.2) is 11.5 Å². The minimum Gasteiger partial charge on any atom is -0.454 e. The van der Waals surface area contributed by atoms with Crippen LogP contribution < -0.4 is 14.8 Å². The highest BCUT2D eigenvalue weighted by molar-refractivity contribution is 5.61. The zero-order valence-corrected chi connectivity index (χ0v) is 16.7. The lowest BCUT2D eigenvalue weighted by atomic mass is 9.79. The van der Waals surface area contributed by atoms with Crippen molar-refractivity contribution in [2.45, 2.75) is 64.2 Å². The molecule has 2 aliphatic heterocycles. The maximum absolute atomic E-state index is 5.51. The van der Waals surface area contributed by atoms with E-state index in [2.05, 4.69) is 55.1 Å². The normalized spacial score (nSPS) is 21.0. The summed E-state index contributed by atoms with van der Waals surface area (Å²) < 4.78 is 16.3. The maximum atomic E-state index is 5.51. The molecule has 1 aromatic heterocycles. The third-order valence-electron chi connectivity index (χ3n) is 5.28. The van der Waals surface area contributed by atoms with Crippen molar-refractivity contribution in [1.29, 1.82) is 0 Å². The Morgan fingerprint density at radius 3 is 2.56 bits per heavy atom. The Morgan fingerprint density at radius 2 is 1.81 bits per heavy atom. The molecular weight excluding hydrogens is 344 g/mol. The van der Waals surface area contributed by atoms with E-state index in [4.69, 9.17) is 14.0 Å². The Morgan fingerprint density at radius 1 is 1.11 bits per heavy atom. The van der Waals surface area contributed by atoms with Crippen LogP contribution in [0.25, 0.3) is 11.4 Å². The van der Waals surface area contributed by atoms with Crippen LogP contribution in [0.5, 0.6) is 11.5 Å². The number of rotatable bonds is 4. The van der Waals surface area contributed by atoms with Crippen LogP contribution in [0.15, 0.2) is 22.7 Å². The average Bonchev–Trinajstić information content (AvgIpc) is 3.19. The average molecular weight is 372 g/mol. The van der Waals surface area contributed by atoms with Crippen LogP contribution in [0.2, 0.25) is 0 Å². The predicted octanol–water partition coefficient (Wildman–Crippen LogP) is 3.21. The van der Waals surface area contributed by atoms with E-state index in [1.54, 1.807) is 0 Å². The molecule has 0 amide bonds. The van der Waals surface area contributed by atoms with Crippen LogP contribution in [0.1, 0.15) is 46.4 Å². The molecule has 7 nitrogen and oxygen atoms in total. The number of hydrogen-bond acceptors (Lipinski definition) is 7. The number of ether oxygens (including phenoxy) is 2. The van der Waals surface area contributed by atoms with Crippen LogP contribution in [-0.2, 0) is 6.54 Å². The van der Waals surface area contributed by atoms with Crippen LogP contribution in [0.3, 0.4) is 0 Å². The molecule has 0 unspecified atom stereocenters. The fourth-order valence-corrected chi connectivity index (χ4v) is 4.39. The molecule has 3 heterocycles. The number of aromatic nitrogens is 2. The molecule has 1 aromatic carbocycles. The summed E-state index contributed by atoms with van der Waals surface area (Å²) in [7, 11) is 2.13. The van der Waals surface area contributed by atoms with Crippen molar-refractivity contribution in [1.82, 2.24) is 20.4 Å². The van der Waals surface area contributed by atoms with Gasteiger partial charge in [0.1, 0.15) is 0 Å². The van der Waals surface area contributed by atoms with Crippen LogP contribution in [0, 0.1) is 0 Å². The highest BCUT2D eigenvalue weighted by Gasteiger charge is 2.39. The van der Waals surface area contributed by atoms with Gasteiger partial charge in [0.2, 0.25) is 18.5 Å². The lowest BCUT2D eigenvalue weighted by Gasteiger charge is -2.48. The van der Waals surface area contributed by atoms with E-state index in [-0.39, 0.29) is 17.9 Å². The van der Waals surface area contributed by atoms with Crippen molar-refractivity contribution in [2.24, 2.45) is 0 Å². The number of nitrogens with zero attached hydrogens (tertiary/aromatic N) is 3. The molecule has 2 aliphatic rings. The van der Waals surface area contributed by atoms with Gasteiger partial charge in [-0.15, -0.1) is 0 Å². The van der Waals surface area contributed by atoms with E-state index in [0.29, 0.717) is 24.3 Å². The lowest BCUT2D eigenvalue weighted by molar-refractivity contribution is 0.0717. The SMILES string of the molecule is CN(Cc1nc(-c2ccc3c(c2)OCO3)no1)C1CC(C)(C)NC(C)(C)C1. The van der Waals surface area contributed by atoms with Crippen LogP contribution in [0.4, 0.5) is 0 Å². The molecule has 1 saturated heterocycles. The Balaban J connectivity index is 1.46. The Hall–Kier alpha value is -2.12. The third-order valence-corrected chi connectivity index (χ3v) is 5.28. The highest BCUT2D eigenvalue weighted by Crippen LogP contribution is 2.35. The van der Waals surface area contributed by atoms with Gasteiger partial charge in [0, 0.05) is 22.7 Å². The zero-order chi connectivity index (χ0) is 19.2. The van der Waals surface area contributed by atoms with Gasteiger partial charge >= 0.3 is 0 Å². The molecule has 0 atom stereocenters. The first kappa shape index (κ1) is 18.3. The molecule has 0 radical (unpaired) electrons. The fraction of sp³-hybridized carbons (Fsp3) is 0.600. The fourth-order valence-electron chi connectivity index (χ4n) is 4.39. The largest absolute Gasteiger partial charge is 0.454 e. The summed E-state index contributed by atoms with van der Waals surface area (Å²) in [5.41, 5.74) is 1.07. The Bertz CT molecular complexity index is 814. The van der Waals surface area contributed by atoms with Gasteiger partial charge in [-0.1, -0.05) is 5.16 Å². The first-order chi connectivity index (χ1) is 12.7. The first-order valence-corrected chi connectivity index (χ1v) is 9.43. The summed E-state index contributed by atoms with van der Waals surface area (Å²) in [6.45, 7) is 9.94. The molecular formula is C20H28N4O3. The number of fused-ring (bicyclic) bond motifs is 1. The zero-order valence-electron chi connectivity index (χ0n) is 16.7. The van der Waals surface area contributed by atoms with Gasteiger partial charge in [-0.2, -0.15) is 4.98 Å². The summed E-state index contributed by atoms with van der Waals surface area (Å²) in [5, 5.41) is 7.87. The Kier molecular flexibility index (Phi) is 4.39. The van der Waals surface area contributed by atoms with E-state index in [1.165, 1.54) is 0 Å². The second-order valence-electron chi connectivity index (χ2n) is 8.95. The number of nitrogens with one attached hydrogen (secondary N) is 1. The van der Waals surface area contributed by atoms with E-state index < -0.39 is 0 Å². The van der Waals surface area contributed by atoms with Gasteiger partial charge in [-0.25, -0.2) is 0 Å². The number of benzene rings is 1. The van der Waals surface area contributed by atoms with Gasteiger partial charge in [0.05, 0.1) is 6.54 Å². The van der Waals surface area contributed by atoms with Crippen molar-refractivity contribution in [2.75, 3.05) is 13.8 Å². The van der Waals surface area contributed by atoms with Crippen molar-refractivity contribution in [3.8, 4) is 22.9 Å². The second kappa shape index (κ2) is 6.49. The van der Waals surface area contributed by atoms with Gasteiger partial charge in [-0.3, -0.25) is 4.90 Å². The molecule has 0 saturated carbocycles. The van der Waals surface area contributed by atoms with Crippen molar-refractivity contribution in [3.05, 3.63) is 24.1 Å². The summed E-state index contributed by atoms with van der Waals surface area (Å²) in [5.74, 6) is 2.66. The topological polar surface area (TPSA) is 72.7 Å². The van der Waals surface area contributed by atoms with Gasteiger partial charge in [0.25, 0.3) is 0 Å². The molecule has 2 aromatic rings. The van der Waals surface area contributed by atoms with Crippen molar-refractivity contribution >= 4 is 0 Å². The first-order valence-electron chi connectivity index (χ1n) is 9.43. The summed E-state index contributed by atoms with van der Waals surface area (Å²) in [6, 6.07) is 6.14.